The van der Waals surface area contributed by atoms with Crippen LogP contribution in [0.4, 0.5) is 0 Å². The number of carbonyl (C=O) groups is 1. The molecule has 0 aliphatic carbocycles. The first-order chi connectivity index (χ1) is 7.57. The van der Waals surface area contributed by atoms with Gasteiger partial charge in [0.15, 0.2) is 5.78 Å². The molecular formula is C15H16O. The molecule has 0 saturated heterocycles. The van der Waals surface area contributed by atoms with Crippen LogP contribution in [0, 0.1) is 18.3 Å². The van der Waals surface area contributed by atoms with E-state index in [9.17, 15) is 4.79 Å². The van der Waals surface area contributed by atoms with Crippen LogP contribution in [0.3, 0.4) is 0 Å². The number of benzene rings is 1. The average Bonchev–Trinajstić information content (AvgIpc) is 2.29. The van der Waals surface area contributed by atoms with Crippen LogP contribution in [0.25, 0.3) is 5.57 Å². The second-order valence-corrected chi connectivity index (χ2v) is 3.85. The van der Waals surface area contributed by atoms with Crippen molar-refractivity contribution < 1.29 is 4.79 Å². The maximum Gasteiger partial charge on any atom is 0.157 e. The van der Waals surface area contributed by atoms with Crippen LogP contribution in [-0.2, 0) is 4.79 Å². The van der Waals surface area contributed by atoms with Gasteiger partial charge in [0.25, 0.3) is 0 Å². The summed E-state index contributed by atoms with van der Waals surface area (Å²) in [7, 11) is 0. The summed E-state index contributed by atoms with van der Waals surface area (Å²) in [5.41, 5.74) is 2.75. The maximum absolute atomic E-state index is 11.6. The van der Waals surface area contributed by atoms with Crippen molar-refractivity contribution in [1.29, 1.82) is 0 Å². The first kappa shape index (κ1) is 12.3. The van der Waals surface area contributed by atoms with Gasteiger partial charge in [-0.3, -0.25) is 4.79 Å². The summed E-state index contributed by atoms with van der Waals surface area (Å²) in [6.45, 7) is 5.39. The van der Waals surface area contributed by atoms with Gasteiger partial charge in [-0.05, 0) is 31.9 Å². The maximum atomic E-state index is 11.6. The fourth-order valence-corrected chi connectivity index (χ4v) is 1.82. The highest BCUT2D eigenvalue weighted by Crippen LogP contribution is 2.23. The molecule has 1 heteroatoms. The number of hydrogen-bond donors (Lipinski definition) is 0. The van der Waals surface area contributed by atoms with E-state index in [0.29, 0.717) is 0 Å². The van der Waals surface area contributed by atoms with E-state index in [1.165, 1.54) is 0 Å². The number of rotatable bonds is 3. The Morgan fingerprint density at radius 3 is 2.25 bits per heavy atom. The summed E-state index contributed by atoms with van der Waals surface area (Å²) in [6, 6.07) is 9.84. The molecule has 0 fully saturated rings. The summed E-state index contributed by atoms with van der Waals surface area (Å²) >= 11 is 0. The Kier molecular flexibility index (Phi) is 4.08. The van der Waals surface area contributed by atoms with E-state index in [1.807, 2.05) is 44.2 Å². The number of ketones is 1. The van der Waals surface area contributed by atoms with Gasteiger partial charge in [0.1, 0.15) is 0 Å². The number of allylic oxidation sites excluding steroid dienone is 2. The molecule has 0 heterocycles. The van der Waals surface area contributed by atoms with Gasteiger partial charge in [-0.1, -0.05) is 36.3 Å². The van der Waals surface area contributed by atoms with Gasteiger partial charge in [-0.2, -0.15) is 0 Å². The van der Waals surface area contributed by atoms with Crippen LogP contribution in [0.15, 0.2) is 35.9 Å². The minimum atomic E-state index is -0.141. The largest absolute Gasteiger partial charge is 0.295 e. The lowest BCUT2D eigenvalue weighted by molar-refractivity contribution is -0.113. The lowest BCUT2D eigenvalue weighted by Crippen LogP contribution is -2.08. The van der Waals surface area contributed by atoms with E-state index >= 15 is 0 Å². The molecule has 1 rings (SSSR count). The minimum absolute atomic E-state index is 0.0480. The van der Waals surface area contributed by atoms with Crippen LogP contribution < -0.4 is 0 Å². The normalized spacial score (nSPS) is 13.6. The Balaban J connectivity index is 3.29. The van der Waals surface area contributed by atoms with E-state index in [0.717, 1.165) is 16.7 Å². The first-order valence-electron chi connectivity index (χ1n) is 5.31. The fraction of sp³-hybridized carbons (Fsp3) is 0.267. The Morgan fingerprint density at radius 1 is 1.25 bits per heavy atom. The second kappa shape index (κ2) is 5.32. The molecule has 1 unspecified atom stereocenters. The zero-order chi connectivity index (χ0) is 12.1. The highest BCUT2D eigenvalue weighted by Gasteiger charge is 2.15. The van der Waals surface area contributed by atoms with E-state index in [2.05, 4.69) is 5.92 Å². The predicted molar refractivity (Wildman–Crippen MR) is 67.7 cm³/mol. The van der Waals surface area contributed by atoms with Crippen molar-refractivity contribution in [3.05, 3.63) is 41.5 Å². The molecule has 0 aliphatic heterocycles. The standard InChI is InChI=1S/C15H16O/c1-5-11(2)15(13(4)16)12(3)14-9-7-6-8-10-14/h1,6-11H,2-4H3. The molecule has 1 nitrogen and oxygen atoms in total. The van der Waals surface area contributed by atoms with E-state index in [4.69, 9.17) is 6.42 Å². The van der Waals surface area contributed by atoms with Gasteiger partial charge in [-0.15, -0.1) is 6.42 Å². The molecule has 1 aromatic rings. The van der Waals surface area contributed by atoms with E-state index < -0.39 is 0 Å². The van der Waals surface area contributed by atoms with Gasteiger partial charge in [-0.25, -0.2) is 0 Å². The van der Waals surface area contributed by atoms with Crippen molar-refractivity contribution >= 4 is 11.4 Å². The van der Waals surface area contributed by atoms with Crippen molar-refractivity contribution in [2.24, 2.45) is 5.92 Å². The average molecular weight is 212 g/mol. The second-order valence-electron chi connectivity index (χ2n) is 3.85. The highest BCUT2D eigenvalue weighted by molar-refractivity contribution is 6.01. The molecule has 0 radical (unpaired) electrons. The van der Waals surface area contributed by atoms with Gasteiger partial charge in [0.2, 0.25) is 0 Å². The molecule has 0 N–H and O–H groups in total. The molecule has 0 bridgehead atoms. The Bertz CT molecular complexity index is 446. The third-order valence-corrected chi connectivity index (χ3v) is 2.67. The van der Waals surface area contributed by atoms with Gasteiger partial charge >= 0.3 is 0 Å². The lowest BCUT2D eigenvalue weighted by Gasteiger charge is -2.12. The number of carbonyl (C=O) groups excluding carboxylic acids is 1. The molecule has 0 amide bonds. The van der Waals surface area contributed by atoms with Gasteiger partial charge in [0.05, 0.1) is 0 Å². The van der Waals surface area contributed by atoms with Crippen molar-refractivity contribution in [1.82, 2.24) is 0 Å². The molecule has 0 aromatic heterocycles. The molecule has 16 heavy (non-hydrogen) atoms. The SMILES string of the molecule is C#CC(C)C(C(C)=O)=C(C)c1ccccc1. The van der Waals surface area contributed by atoms with Gasteiger partial charge < -0.3 is 0 Å². The zero-order valence-corrected chi connectivity index (χ0v) is 9.95. The van der Waals surface area contributed by atoms with Crippen molar-refractivity contribution in [2.45, 2.75) is 20.8 Å². The smallest absolute Gasteiger partial charge is 0.157 e. The minimum Gasteiger partial charge on any atom is -0.295 e. The van der Waals surface area contributed by atoms with Gasteiger partial charge in [0, 0.05) is 11.5 Å². The molecule has 1 aromatic carbocycles. The van der Waals surface area contributed by atoms with Crippen molar-refractivity contribution in [3.63, 3.8) is 0 Å². The number of terminal acetylenes is 1. The summed E-state index contributed by atoms with van der Waals surface area (Å²) in [4.78, 5) is 11.6. The molecule has 82 valence electrons. The Labute approximate surface area is 97.2 Å². The number of hydrogen-bond acceptors (Lipinski definition) is 1. The van der Waals surface area contributed by atoms with Crippen LogP contribution in [0.5, 0.6) is 0 Å². The monoisotopic (exact) mass is 212 g/mol. The van der Waals surface area contributed by atoms with E-state index in [1.54, 1.807) is 6.92 Å². The third kappa shape index (κ3) is 2.61. The fourth-order valence-electron chi connectivity index (χ4n) is 1.82. The summed E-state index contributed by atoms with van der Waals surface area (Å²) < 4.78 is 0. The lowest BCUT2D eigenvalue weighted by atomic mass is 9.90. The molecule has 0 spiro atoms. The van der Waals surface area contributed by atoms with Crippen LogP contribution in [0.1, 0.15) is 26.3 Å². The van der Waals surface area contributed by atoms with Crippen molar-refractivity contribution in [3.8, 4) is 12.3 Å². The van der Waals surface area contributed by atoms with Crippen LogP contribution in [0.2, 0.25) is 0 Å². The summed E-state index contributed by atoms with van der Waals surface area (Å²) in [6.07, 6.45) is 5.39. The zero-order valence-electron chi connectivity index (χ0n) is 9.95. The quantitative estimate of drug-likeness (QED) is 0.555. The summed E-state index contributed by atoms with van der Waals surface area (Å²) in [5.74, 6) is 2.53. The Morgan fingerprint density at radius 2 is 1.81 bits per heavy atom. The predicted octanol–water partition coefficient (Wildman–Crippen LogP) is 3.32. The molecule has 1 atom stereocenters. The van der Waals surface area contributed by atoms with E-state index in [-0.39, 0.29) is 11.7 Å². The summed E-state index contributed by atoms with van der Waals surface area (Å²) in [5, 5.41) is 0. The Hall–Kier alpha value is -1.81. The topological polar surface area (TPSA) is 17.1 Å². The molecule has 0 aliphatic rings. The molecular weight excluding hydrogens is 196 g/mol. The number of Topliss-reactive ketones (excluding diaryl/α,β-unsaturated/α-hetero) is 1. The van der Waals surface area contributed by atoms with Crippen LogP contribution in [-0.4, -0.2) is 5.78 Å². The van der Waals surface area contributed by atoms with Crippen molar-refractivity contribution in [2.75, 3.05) is 0 Å². The highest BCUT2D eigenvalue weighted by atomic mass is 16.1. The van der Waals surface area contributed by atoms with Crippen LogP contribution >= 0.6 is 0 Å². The third-order valence-electron chi connectivity index (χ3n) is 2.67. The first-order valence-corrected chi connectivity index (χ1v) is 5.31. The molecule has 0 saturated carbocycles.